The van der Waals surface area contributed by atoms with Crippen molar-refractivity contribution in [1.29, 1.82) is 0 Å². The van der Waals surface area contributed by atoms with E-state index in [9.17, 15) is 9.59 Å². The summed E-state index contributed by atoms with van der Waals surface area (Å²) in [5, 5.41) is 9.10. The molecule has 3 heterocycles. The number of thioether (sulfide) groups is 1. The van der Waals surface area contributed by atoms with Crippen molar-refractivity contribution in [3.8, 4) is 17.1 Å². The van der Waals surface area contributed by atoms with Crippen molar-refractivity contribution in [3.63, 3.8) is 0 Å². The number of aromatic nitrogens is 3. The molecule has 0 radical (unpaired) electrons. The number of hydrogen-bond acceptors (Lipinski definition) is 8. The van der Waals surface area contributed by atoms with Crippen LogP contribution in [0.1, 0.15) is 32.4 Å². The van der Waals surface area contributed by atoms with Gasteiger partial charge in [0, 0.05) is 18.7 Å². The number of carbonyl (C=O) groups is 2. The van der Waals surface area contributed by atoms with Crippen LogP contribution in [0.15, 0.2) is 52.2 Å². The second kappa shape index (κ2) is 11.4. The average Bonchev–Trinajstić information content (AvgIpc) is 3.54. The van der Waals surface area contributed by atoms with Gasteiger partial charge < -0.3 is 18.8 Å². The highest BCUT2D eigenvalue weighted by Gasteiger charge is 2.31. The number of furan rings is 1. The summed E-state index contributed by atoms with van der Waals surface area (Å²) in [5.41, 5.74) is 0.857. The summed E-state index contributed by atoms with van der Waals surface area (Å²) in [6.45, 7) is 5.58. The Morgan fingerprint density at radius 2 is 2.00 bits per heavy atom. The Kier molecular flexibility index (Phi) is 8.12. The van der Waals surface area contributed by atoms with Gasteiger partial charge in [-0.15, -0.1) is 10.2 Å². The minimum absolute atomic E-state index is 0.0211. The van der Waals surface area contributed by atoms with Gasteiger partial charge in [0.2, 0.25) is 5.91 Å². The molecule has 0 aliphatic carbocycles. The molecule has 9 nitrogen and oxygen atoms in total. The van der Waals surface area contributed by atoms with Crippen LogP contribution in [0.5, 0.6) is 5.75 Å². The first-order chi connectivity index (χ1) is 17.0. The van der Waals surface area contributed by atoms with Crippen molar-refractivity contribution in [2.45, 2.75) is 43.6 Å². The molecule has 10 heteroatoms. The summed E-state index contributed by atoms with van der Waals surface area (Å²) in [4.78, 5) is 27.0. The van der Waals surface area contributed by atoms with Crippen LogP contribution >= 0.6 is 11.8 Å². The smallest absolute Gasteiger partial charge is 0.309 e. The summed E-state index contributed by atoms with van der Waals surface area (Å²) >= 11 is 1.37. The molecule has 1 aliphatic heterocycles. The Morgan fingerprint density at radius 3 is 2.69 bits per heavy atom. The Balaban J connectivity index is 1.49. The largest absolute Gasteiger partial charge is 0.497 e. The van der Waals surface area contributed by atoms with E-state index in [1.165, 1.54) is 11.8 Å². The van der Waals surface area contributed by atoms with Gasteiger partial charge in [-0.1, -0.05) is 23.9 Å². The maximum Gasteiger partial charge on any atom is 0.309 e. The fourth-order valence-electron chi connectivity index (χ4n) is 4.11. The highest BCUT2D eigenvalue weighted by Crippen LogP contribution is 2.31. The molecule has 1 amide bonds. The number of likely N-dealkylation sites (tertiary alicyclic amines) is 1. The monoisotopic (exact) mass is 498 g/mol. The lowest BCUT2D eigenvalue weighted by Crippen LogP contribution is -2.43. The lowest BCUT2D eigenvalue weighted by Gasteiger charge is -2.32. The second-order valence-electron chi connectivity index (χ2n) is 8.32. The van der Waals surface area contributed by atoms with E-state index < -0.39 is 0 Å². The highest BCUT2D eigenvalue weighted by atomic mass is 32.2. The van der Waals surface area contributed by atoms with Crippen LogP contribution in [0.4, 0.5) is 0 Å². The van der Waals surface area contributed by atoms with E-state index >= 15 is 0 Å². The first kappa shape index (κ1) is 24.8. The van der Waals surface area contributed by atoms with Gasteiger partial charge in [0.15, 0.2) is 11.0 Å². The van der Waals surface area contributed by atoms with Gasteiger partial charge >= 0.3 is 5.97 Å². The molecule has 0 saturated carbocycles. The molecular weight excluding hydrogens is 468 g/mol. The van der Waals surface area contributed by atoms with Gasteiger partial charge in [-0.3, -0.25) is 14.2 Å². The van der Waals surface area contributed by atoms with E-state index in [0.29, 0.717) is 50.1 Å². The molecular formula is C25H30N4O5S. The standard InChI is InChI=1S/C25H30N4O5S/c1-4-33-24(31)18-10-12-28(13-11-18)23(30)17(2)35-25-27-26-22(19-7-5-8-20(15-19)32-3)29(25)16-21-9-6-14-34-21/h5-9,14-15,17-18H,4,10-13,16H2,1-3H3/t17-/m0/s1. The Labute approximate surface area is 208 Å². The lowest BCUT2D eigenvalue weighted by molar-refractivity contribution is -0.151. The predicted octanol–water partition coefficient (Wildman–Crippen LogP) is 3.88. The van der Waals surface area contributed by atoms with Crippen molar-refractivity contribution in [1.82, 2.24) is 19.7 Å². The number of nitrogens with zero attached hydrogens (tertiary/aromatic N) is 4. The quantitative estimate of drug-likeness (QED) is 0.324. The van der Waals surface area contributed by atoms with Crippen LogP contribution in [0.25, 0.3) is 11.4 Å². The number of benzene rings is 1. The number of rotatable bonds is 9. The molecule has 0 spiro atoms. The number of amides is 1. The minimum Gasteiger partial charge on any atom is -0.497 e. The van der Waals surface area contributed by atoms with E-state index in [0.717, 1.165) is 17.1 Å². The summed E-state index contributed by atoms with van der Waals surface area (Å²) in [6.07, 6.45) is 2.87. The zero-order valence-electron chi connectivity index (χ0n) is 20.2. The summed E-state index contributed by atoms with van der Waals surface area (Å²) in [7, 11) is 1.62. The number of esters is 1. The summed E-state index contributed by atoms with van der Waals surface area (Å²) in [5.74, 6) is 1.86. The lowest BCUT2D eigenvalue weighted by atomic mass is 9.97. The number of methoxy groups -OCH3 is 1. The van der Waals surface area contributed by atoms with Crippen LogP contribution in [0.2, 0.25) is 0 Å². The van der Waals surface area contributed by atoms with Gasteiger partial charge in [0.1, 0.15) is 11.5 Å². The third-order valence-electron chi connectivity index (χ3n) is 6.00. The van der Waals surface area contributed by atoms with E-state index in [2.05, 4.69) is 10.2 Å². The first-order valence-electron chi connectivity index (χ1n) is 11.7. The maximum atomic E-state index is 13.2. The normalized spacial score (nSPS) is 15.1. The molecule has 1 saturated heterocycles. The van der Waals surface area contributed by atoms with Crippen LogP contribution in [-0.4, -0.2) is 63.6 Å². The molecule has 1 atom stereocenters. The minimum atomic E-state index is -0.369. The van der Waals surface area contributed by atoms with Crippen LogP contribution in [-0.2, 0) is 20.9 Å². The van der Waals surface area contributed by atoms with Gasteiger partial charge in [-0.2, -0.15) is 0 Å². The van der Waals surface area contributed by atoms with Gasteiger partial charge in [0.25, 0.3) is 0 Å². The SMILES string of the molecule is CCOC(=O)C1CCN(C(=O)[C@H](C)Sc2nnc(-c3cccc(OC)c3)n2Cc2ccco2)CC1. The fraction of sp³-hybridized carbons (Fsp3) is 0.440. The number of piperidine rings is 1. The average molecular weight is 499 g/mol. The molecule has 0 bridgehead atoms. The summed E-state index contributed by atoms with van der Waals surface area (Å²) < 4.78 is 18.0. The van der Waals surface area contributed by atoms with E-state index in [1.54, 1.807) is 20.3 Å². The van der Waals surface area contributed by atoms with Crippen LogP contribution in [0.3, 0.4) is 0 Å². The molecule has 3 aromatic rings. The third-order valence-corrected chi connectivity index (χ3v) is 7.06. The Hall–Kier alpha value is -3.27. The molecule has 186 valence electrons. The zero-order valence-corrected chi connectivity index (χ0v) is 21.0. The molecule has 1 aromatic carbocycles. The fourth-order valence-corrected chi connectivity index (χ4v) is 5.05. The van der Waals surface area contributed by atoms with Gasteiger partial charge in [0.05, 0.1) is 37.7 Å². The van der Waals surface area contributed by atoms with E-state index in [-0.39, 0.29) is 23.0 Å². The van der Waals surface area contributed by atoms with E-state index in [1.807, 2.05) is 52.8 Å². The molecule has 0 N–H and O–H groups in total. The topological polar surface area (TPSA) is 99.7 Å². The predicted molar refractivity (Wildman–Crippen MR) is 131 cm³/mol. The Bertz CT molecular complexity index is 1140. The molecule has 1 aliphatic rings. The van der Waals surface area contributed by atoms with Crippen molar-refractivity contribution in [2.24, 2.45) is 5.92 Å². The molecule has 0 unspecified atom stereocenters. The molecule has 35 heavy (non-hydrogen) atoms. The first-order valence-corrected chi connectivity index (χ1v) is 12.6. The van der Waals surface area contributed by atoms with Crippen molar-refractivity contribution in [2.75, 3.05) is 26.8 Å². The van der Waals surface area contributed by atoms with Gasteiger partial charge in [-0.25, -0.2) is 0 Å². The van der Waals surface area contributed by atoms with Crippen molar-refractivity contribution >= 4 is 23.6 Å². The highest BCUT2D eigenvalue weighted by molar-refractivity contribution is 8.00. The number of carbonyl (C=O) groups excluding carboxylic acids is 2. The maximum absolute atomic E-state index is 13.2. The van der Waals surface area contributed by atoms with Crippen LogP contribution < -0.4 is 4.74 Å². The van der Waals surface area contributed by atoms with Crippen LogP contribution in [0, 0.1) is 5.92 Å². The second-order valence-corrected chi connectivity index (χ2v) is 9.62. The molecule has 1 fully saturated rings. The number of hydrogen-bond donors (Lipinski definition) is 0. The Morgan fingerprint density at radius 1 is 1.20 bits per heavy atom. The third kappa shape index (κ3) is 5.87. The van der Waals surface area contributed by atoms with Crippen molar-refractivity contribution in [3.05, 3.63) is 48.4 Å². The molecule has 4 rings (SSSR count). The number of ether oxygens (including phenoxy) is 2. The van der Waals surface area contributed by atoms with E-state index in [4.69, 9.17) is 13.9 Å². The summed E-state index contributed by atoms with van der Waals surface area (Å²) in [6, 6.07) is 11.4. The zero-order chi connectivity index (χ0) is 24.8. The van der Waals surface area contributed by atoms with Crippen molar-refractivity contribution < 1.29 is 23.5 Å². The molecule has 2 aromatic heterocycles. The van der Waals surface area contributed by atoms with Gasteiger partial charge in [-0.05, 0) is 51.0 Å².